The topological polar surface area (TPSA) is 75.7 Å². The summed E-state index contributed by atoms with van der Waals surface area (Å²) in [6, 6.07) is 13.1. The quantitative estimate of drug-likeness (QED) is 0.731. The number of amides is 1. The maximum atomic E-state index is 12.5. The molecule has 0 heterocycles. The Bertz CT molecular complexity index is 932. The van der Waals surface area contributed by atoms with Gasteiger partial charge in [0.05, 0.1) is 11.0 Å². The van der Waals surface area contributed by atoms with E-state index >= 15 is 0 Å². The van der Waals surface area contributed by atoms with Crippen LogP contribution in [0.4, 0.5) is 5.69 Å². The van der Waals surface area contributed by atoms with Crippen LogP contribution in [-0.2, 0) is 10.0 Å². The van der Waals surface area contributed by atoms with Crippen LogP contribution < -0.4 is 10.1 Å². The lowest BCUT2D eigenvalue weighted by molar-refractivity contribution is 0.102. The number of sulfonamides is 1. The minimum absolute atomic E-state index is 0.139. The zero-order valence-corrected chi connectivity index (χ0v) is 17.9. The zero-order valence-electron chi connectivity index (χ0n) is 17.1. The molecule has 6 nitrogen and oxygen atoms in total. The number of carbonyl (C=O) groups is 1. The molecule has 0 saturated heterocycles. The Morgan fingerprint density at radius 1 is 1.03 bits per heavy atom. The number of ether oxygens (including phenoxy) is 1. The van der Waals surface area contributed by atoms with Crippen molar-refractivity contribution in [2.75, 3.05) is 12.4 Å². The van der Waals surface area contributed by atoms with Gasteiger partial charge in [-0.1, -0.05) is 0 Å². The summed E-state index contributed by atoms with van der Waals surface area (Å²) in [7, 11) is -1.99. The number of nitrogens with one attached hydrogen (secondary N) is 1. The second-order valence-corrected chi connectivity index (χ2v) is 9.64. The zero-order chi connectivity index (χ0) is 21.0. The van der Waals surface area contributed by atoms with Crippen LogP contribution >= 0.6 is 0 Å². The second kappa shape index (κ2) is 8.97. The Morgan fingerprint density at radius 3 is 2.17 bits per heavy atom. The van der Waals surface area contributed by atoms with E-state index in [4.69, 9.17) is 4.74 Å². The van der Waals surface area contributed by atoms with Gasteiger partial charge in [0.2, 0.25) is 10.0 Å². The first kappa shape index (κ1) is 21.3. The first-order valence-corrected chi connectivity index (χ1v) is 11.4. The highest BCUT2D eigenvalue weighted by atomic mass is 32.2. The lowest BCUT2D eigenvalue weighted by Gasteiger charge is -2.21. The average Bonchev–Trinajstić information content (AvgIpc) is 3.21. The van der Waals surface area contributed by atoms with Crippen molar-refractivity contribution in [3.05, 3.63) is 54.1 Å². The molecule has 2 aromatic rings. The summed E-state index contributed by atoms with van der Waals surface area (Å²) in [5.74, 6) is 0.518. The van der Waals surface area contributed by atoms with Crippen LogP contribution in [-0.4, -0.2) is 37.8 Å². The van der Waals surface area contributed by atoms with Gasteiger partial charge in [-0.3, -0.25) is 4.79 Å². The monoisotopic (exact) mass is 416 g/mol. The van der Waals surface area contributed by atoms with Crippen molar-refractivity contribution in [2.45, 2.75) is 56.6 Å². The molecular weight excluding hydrogens is 388 g/mol. The van der Waals surface area contributed by atoms with Gasteiger partial charge in [0.1, 0.15) is 5.75 Å². The molecule has 29 heavy (non-hydrogen) atoms. The largest absolute Gasteiger partial charge is 0.490 e. The van der Waals surface area contributed by atoms with Gasteiger partial charge in [0.25, 0.3) is 5.91 Å². The highest BCUT2D eigenvalue weighted by molar-refractivity contribution is 7.89. The molecular formula is C22H28N2O4S. The smallest absolute Gasteiger partial charge is 0.255 e. The molecule has 1 aliphatic carbocycles. The van der Waals surface area contributed by atoms with E-state index in [1.165, 1.54) is 29.3 Å². The van der Waals surface area contributed by atoms with E-state index in [-0.39, 0.29) is 22.9 Å². The van der Waals surface area contributed by atoms with Gasteiger partial charge >= 0.3 is 0 Å². The SMILES string of the molecule is CC(C)N(C)S(=O)(=O)c1ccc(NC(=O)c2ccc(OC3CCCC3)cc2)cc1. The molecule has 1 fully saturated rings. The third-order valence-corrected chi connectivity index (χ3v) is 7.29. The van der Waals surface area contributed by atoms with Gasteiger partial charge in [0, 0.05) is 24.3 Å². The highest BCUT2D eigenvalue weighted by Crippen LogP contribution is 2.24. The van der Waals surface area contributed by atoms with Crippen LogP contribution in [0.25, 0.3) is 0 Å². The van der Waals surface area contributed by atoms with E-state index in [0.717, 1.165) is 18.6 Å². The van der Waals surface area contributed by atoms with E-state index in [2.05, 4.69) is 5.32 Å². The normalized spacial score (nSPS) is 15.1. The summed E-state index contributed by atoms with van der Waals surface area (Å²) in [5, 5.41) is 2.79. The van der Waals surface area contributed by atoms with Gasteiger partial charge in [-0.2, -0.15) is 4.31 Å². The van der Waals surface area contributed by atoms with E-state index in [1.807, 2.05) is 26.0 Å². The number of benzene rings is 2. The average molecular weight is 417 g/mol. The van der Waals surface area contributed by atoms with E-state index in [1.54, 1.807) is 31.3 Å². The Balaban J connectivity index is 1.63. The number of hydrogen-bond acceptors (Lipinski definition) is 4. The minimum atomic E-state index is -3.54. The van der Waals surface area contributed by atoms with Crippen LogP contribution in [0.3, 0.4) is 0 Å². The lowest BCUT2D eigenvalue weighted by Crippen LogP contribution is -2.33. The fourth-order valence-corrected chi connectivity index (χ4v) is 4.61. The maximum absolute atomic E-state index is 12.5. The van der Waals surface area contributed by atoms with Crippen LogP contribution in [0.5, 0.6) is 5.75 Å². The van der Waals surface area contributed by atoms with Crippen LogP contribution in [0.1, 0.15) is 49.9 Å². The molecule has 0 spiro atoms. The minimum Gasteiger partial charge on any atom is -0.490 e. The Hall–Kier alpha value is -2.38. The fraction of sp³-hybridized carbons (Fsp3) is 0.409. The lowest BCUT2D eigenvalue weighted by atomic mass is 10.2. The molecule has 0 unspecified atom stereocenters. The number of hydrogen-bond donors (Lipinski definition) is 1. The first-order chi connectivity index (χ1) is 13.8. The predicted octanol–water partition coefficient (Wildman–Crippen LogP) is 4.29. The highest BCUT2D eigenvalue weighted by Gasteiger charge is 2.23. The summed E-state index contributed by atoms with van der Waals surface area (Å²) in [6.07, 6.45) is 4.86. The molecule has 1 saturated carbocycles. The van der Waals surface area contributed by atoms with E-state index in [0.29, 0.717) is 11.3 Å². The molecule has 7 heteroatoms. The molecule has 3 rings (SSSR count). The molecule has 0 radical (unpaired) electrons. The Morgan fingerprint density at radius 2 is 1.62 bits per heavy atom. The van der Waals surface area contributed by atoms with Crippen LogP contribution in [0.15, 0.2) is 53.4 Å². The summed E-state index contributed by atoms with van der Waals surface area (Å²) < 4.78 is 32.3. The number of anilines is 1. The van der Waals surface area contributed by atoms with Crippen molar-refractivity contribution in [2.24, 2.45) is 0 Å². The van der Waals surface area contributed by atoms with Crippen molar-refractivity contribution in [1.29, 1.82) is 0 Å². The predicted molar refractivity (Wildman–Crippen MR) is 114 cm³/mol. The van der Waals surface area contributed by atoms with Gasteiger partial charge < -0.3 is 10.1 Å². The second-order valence-electron chi connectivity index (χ2n) is 7.64. The van der Waals surface area contributed by atoms with Crippen molar-refractivity contribution in [3.63, 3.8) is 0 Å². The number of carbonyl (C=O) groups excluding carboxylic acids is 1. The van der Waals surface area contributed by atoms with Gasteiger partial charge in [-0.15, -0.1) is 0 Å². The Labute approximate surface area is 172 Å². The third kappa shape index (κ3) is 5.16. The molecule has 1 aliphatic rings. The van der Waals surface area contributed by atoms with Crippen LogP contribution in [0, 0.1) is 0 Å². The molecule has 0 aromatic heterocycles. The van der Waals surface area contributed by atoms with Crippen molar-refractivity contribution in [3.8, 4) is 5.75 Å². The standard InChI is InChI=1S/C22H28N2O4S/c1-16(2)24(3)29(26,27)21-14-10-18(11-15-21)23-22(25)17-8-12-20(13-9-17)28-19-6-4-5-7-19/h8-16,19H,4-7H2,1-3H3,(H,23,25). The summed E-state index contributed by atoms with van der Waals surface area (Å²) in [5.41, 5.74) is 1.05. The molecule has 1 N–H and O–H groups in total. The fourth-order valence-electron chi connectivity index (χ4n) is 3.24. The maximum Gasteiger partial charge on any atom is 0.255 e. The summed E-state index contributed by atoms with van der Waals surface area (Å²) >= 11 is 0. The molecule has 0 aliphatic heterocycles. The summed E-state index contributed by atoms with van der Waals surface area (Å²) in [6.45, 7) is 3.63. The molecule has 0 bridgehead atoms. The summed E-state index contributed by atoms with van der Waals surface area (Å²) in [4.78, 5) is 12.7. The molecule has 1 amide bonds. The van der Waals surface area contributed by atoms with E-state index in [9.17, 15) is 13.2 Å². The van der Waals surface area contributed by atoms with Gasteiger partial charge in [0.15, 0.2) is 0 Å². The molecule has 0 atom stereocenters. The number of nitrogens with zero attached hydrogens (tertiary/aromatic N) is 1. The molecule has 2 aromatic carbocycles. The molecule has 156 valence electrons. The van der Waals surface area contributed by atoms with Gasteiger partial charge in [-0.05, 0) is 88.1 Å². The van der Waals surface area contributed by atoms with Crippen molar-refractivity contribution in [1.82, 2.24) is 4.31 Å². The Kier molecular flexibility index (Phi) is 6.59. The van der Waals surface area contributed by atoms with Gasteiger partial charge in [-0.25, -0.2) is 8.42 Å². The van der Waals surface area contributed by atoms with Crippen molar-refractivity contribution < 1.29 is 17.9 Å². The first-order valence-electron chi connectivity index (χ1n) is 9.93. The van der Waals surface area contributed by atoms with E-state index < -0.39 is 10.0 Å². The number of rotatable bonds is 7. The van der Waals surface area contributed by atoms with Crippen LogP contribution in [0.2, 0.25) is 0 Å². The third-order valence-electron chi connectivity index (χ3n) is 5.24. The van der Waals surface area contributed by atoms with Crippen molar-refractivity contribution >= 4 is 21.6 Å².